The molecule has 4 nitrogen and oxygen atoms in total. The summed E-state index contributed by atoms with van der Waals surface area (Å²) in [6.07, 6.45) is 2.82. The van der Waals surface area contributed by atoms with Crippen LogP contribution in [0.25, 0.3) is 0 Å². The van der Waals surface area contributed by atoms with Crippen LogP contribution in [0, 0.1) is 5.92 Å². The van der Waals surface area contributed by atoms with E-state index in [0.29, 0.717) is 12.2 Å². The molecule has 0 unspecified atom stereocenters. The molecule has 0 radical (unpaired) electrons. The van der Waals surface area contributed by atoms with Crippen LogP contribution in [0.3, 0.4) is 0 Å². The molecule has 0 saturated heterocycles. The van der Waals surface area contributed by atoms with Crippen LogP contribution in [-0.2, 0) is 20.9 Å². The number of ether oxygens (including phenoxy) is 3. The topological polar surface area (TPSA) is 44.8 Å². The Morgan fingerprint density at radius 3 is 2.59 bits per heavy atom. The van der Waals surface area contributed by atoms with Crippen LogP contribution >= 0.6 is 0 Å². The summed E-state index contributed by atoms with van der Waals surface area (Å²) in [7, 11) is 1.64. The highest BCUT2D eigenvalue weighted by Crippen LogP contribution is 2.24. The molecule has 0 fully saturated rings. The van der Waals surface area contributed by atoms with E-state index in [-0.39, 0.29) is 18.0 Å². The summed E-state index contributed by atoms with van der Waals surface area (Å²) in [4.78, 5) is 11.8. The third-order valence-electron chi connectivity index (χ3n) is 3.75. The Morgan fingerprint density at radius 1 is 1.32 bits per heavy atom. The zero-order valence-electron chi connectivity index (χ0n) is 13.2. The third kappa shape index (κ3) is 3.77. The number of rotatable bonds is 5. The molecule has 1 aliphatic rings. The van der Waals surface area contributed by atoms with Gasteiger partial charge in [-0.1, -0.05) is 31.7 Å². The number of carbonyl (C=O) groups excluding carboxylic acids is 1. The van der Waals surface area contributed by atoms with Gasteiger partial charge in [-0.25, -0.2) is 4.79 Å². The van der Waals surface area contributed by atoms with E-state index >= 15 is 0 Å². The molecule has 0 spiro atoms. The van der Waals surface area contributed by atoms with Gasteiger partial charge in [-0.05, 0) is 30.7 Å². The molecule has 1 aromatic rings. The average Bonchev–Trinajstić information content (AvgIpc) is 2.63. The molecule has 0 N–H and O–H groups in total. The minimum atomic E-state index is -0.450. The molecule has 1 aromatic carbocycles. The number of cyclic esters (lactones) is 1. The second-order valence-corrected chi connectivity index (χ2v) is 5.44. The first-order valence-electron chi connectivity index (χ1n) is 7.31. The van der Waals surface area contributed by atoms with Crippen molar-refractivity contribution < 1.29 is 19.0 Å². The first kappa shape index (κ1) is 16.3. The maximum Gasteiger partial charge on any atom is 0.334 e. The van der Waals surface area contributed by atoms with E-state index in [4.69, 9.17) is 14.2 Å². The van der Waals surface area contributed by atoms with Crippen molar-refractivity contribution in [3.63, 3.8) is 0 Å². The SMILES string of the molecule is C=C[C@@H]1OC(=O)C(C)=C[C@@H](C)[C@@H]1OCc1ccc(OC)cc1. The number of methoxy groups -OCH3 is 1. The summed E-state index contributed by atoms with van der Waals surface area (Å²) in [5.41, 5.74) is 1.64. The summed E-state index contributed by atoms with van der Waals surface area (Å²) >= 11 is 0. The van der Waals surface area contributed by atoms with Crippen molar-refractivity contribution in [1.29, 1.82) is 0 Å². The fraction of sp³-hybridized carbons (Fsp3) is 0.389. The quantitative estimate of drug-likeness (QED) is 0.618. The summed E-state index contributed by atoms with van der Waals surface area (Å²) < 4.78 is 16.5. The monoisotopic (exact) mass is 302 g/mol. The molecule has 22 heavy (non-hydrogen) atoms. The number of carbonyl (C=O) groups is 1. The lowest BCUT2D eigenvalue weighted by molar-refractivity contribution is -0.149. The van der Waals surface area contributed by atoms with Crippen LogP contribution in [0.2, 0.25) is 0 Å². The minimum Gasteiger partial charge on any atom is -0.497 e. The Morgan fingerprint density at radius 2 is 2.00 bits per heavy atom. The lowest BCUT2D eigenvalue weighted by Crippen LogP contribution is -2.34. The van der Waals surface area contributed by atoms with Gasteiger partial charge in [-0.15, -0.1) is 0 Å². The van der Waals surface area contributed by atoms with E-state index in [2.05, 4.69) is 6.58 Å². The van der Waals surface area contributed by atoms with Crippen LogP contribution in [0.5, 0.6) is 5.75 Å². The summed E-state index contributed by atoms with van der Waals surface area (Å²) in [6, 6.07) is 7.70. The highest BCUT2D eigenvalue weighted by atomic mass is 16.6. The van der Waals surface area contributed by atoms with Crippen molar-refractivity contribution in [2.45, 2.75) is 32.7 Å². The van der Waals surface area contributed by atoms with Gasteiger partial charge in [-0.3, -0.25) is 0 Å². The van der Waals surface area contributed by atoms with Crippen molar-refractivity contribution in [1.82, 2.24) is 0 Å². The lowest BCUT2D eigenvalue weighted by Gasteiger charge is -2.26. The average molecular weight is 302 g/mol. The van der Waals surface area contributed by atoms with Crippen molar-refractivity contribution in [3.05, 3.63) is 54.1 Å². The Kier molecular flexibility index (Phi) is 5.39. The fourth-order valence-corrected chi connectivity index (χ4v) is 2.48. The van der Waals surface area contributed by atoms with Gasteiger partial charge in [0.2, 0.25) is 0 Å². The normalized spacial score (nSPS) is 25.0. The first-order valence-corrected chi connectivity index (χ1v) is 7.31. The number of esters is 1. The van der Waals surface area contributed by atoms with Crippen molar-refractivity contribution in [2.75, 3.05) is 7.11 Å². The van der Waals surface area contributed by atoms with Crippen LogP contribution in [0.4, 0.5) is 0 Å². The molecule has 0 amide bonds. The Bertz CT molecular complexity index is 559. The van der Waals surface area contributed by atoms with Crippen LogP contribution < -0.4 is 4.74 Å². The number of hydrogen-bond acceptors (Lipinski definition) is 4. The predicted molar refractivity (Wildman–Crippen MR) is 84.6 cm³/mol. The number of hydrogen-bond donors (Lipinski definition) is 0. The van der Waals surface area contributed by atoms with E-state index in [1.54, 1.807) is 20.1 Å². The highest BCUT2D eigenvalue weighted by Gasteiger charge is 2.31. The van der Waals surface area contributed by atoms with Gasteiger partial charge in [0.1, 0.15) is 18.0 Å². The van der Waals surface area contributed by atoms with Crippen molar-refractivity contribution in [3.8, 4) is 5.75 Å². The molecule has 3 atom stereocenters. The Balaban J connectivity index is 2.07. The van der Waals surface area contributed by atoms with Gasteiger partial charge in [0.05, 0.1) is 13.7 Å². The highest BCUT2D eigenvalue weighted by molar-refractivity contribution is 5.88. The van der Waals surface area contributed by atoms with E-state index in [1.165, 1.54) is 0 Å². The second-order valence-electron chi connectivity index (χ2n) is 5.44. The summed E-state index contributed by atoms with van der Waals surface area (Å²) in [5.74, 6) is 0.558. The molecule has 1 heterocycles. The third-order valence-corrected chi connectivity index (χ3v) is 3.75. The zero-order chi connectivity index (χ0) is 16.1. The molecule has 0 aromatic heterocycles. The Labute approximate surface area is 131 Å². The molecule has 2 rings (SSSR count). The molecular formula is C18H22O4. The molecule has 118 valence electrons. The number of benzene rings is 1. The van der Waals surface area contributed by atoms with Gasteiger partial charge < -0.3 is 14.2 Å². The van der Waals surface area contributed by atoms with E-state index in [0.717, 1.165) is 11.3 Å². The van der Waals surface area contributed by atoms with Crippen LogP contribution in [0.15, 0.2) is 48.6 Å². The fourth-order valence-electron chi connectivity index (χ4n) is 2.48. The largest absolute Gasteiger partial charge is 0.497 e. The van der Waals surface area contributed by atoms with Crippen LogP contribution in [0.1, 0.15) is 19.4 Å². The first-order chi connectivity index (χ1) is 10.5. The molecule has 0 saturated carbocycles. The Hall–Kier alpha value is -2.07. The van der Waals surface area contributed by atoms with Gasteiger partial charge in [0, 0.05) is 11.5 Å². The van der Waals surface area contributed by atoms with E-state index < -0.39 is 6.10 Å². The molecule has 0 bridgehead atoms. The van der Waals surface area contributed by atoms with Crippen LogP contribution in [-0.4, -0.2) is 25.3 Å². The van der Waals surface area contributed by atoms with Gasteiger partial charge >= 0.3 is 5.97 Å². The standard InChI is InChI=1S/C18H22O4/c1-5-16-17(12(2)10-13(3)18(19)22-16)21-11-14-6-8-15(20-4)9-7-14/h5-10,12,16-17H,1,11H2,2-4H3/t12-,16+,17+/m1/s1. The zero-order valence-corrected chi connectivity index (χ0v) is 13.2. The van der Waals surface area contributed by atoms with Gasteiger partial charge in [0.25, 0.3) is 0 Å². The summed E-state index contributed by atoms with van der Waals surface area (Å²) in [5, 5.41) is 0. The lowest BCUT2D eigenvalue weighted by atomic mass is 9.98. The van der Waals surface area contributed by atoms with Crippen molar-refractivity contribution >= 4 is 5.97 Å². The molecule has 0 aliphatic carbocycles. The van der Waals surface area contributed by atoms with E-state index in [1.807, 2.05) is 37.3 Å². The smallest absolute Gasteiger partial charge is 0.334 e. The predicted octanol–water partition coefficient (Wildman–Crippen LogP) is 3.27. The van der Waals surface area contributed by atoms with Gasteiger partial charge in [0.15, 0.2) is 0 Å². The van der Waals surface area contributed by atoms with Crippen molar-refractivity contribution in [2.24, 2.45) is 5.92 Å². The van der Waals surface area contributed by atoms with E-state index in [9.17, 15) is 4.79 Å². The molecule has 4 heteroatoms. The maximum absolute atomic E-state index is 11.8. The van der Waals surface area contributed by atoms with Gasteiger partial charge in [-0.2, -0.15) is 0 Å². The molecule has 1 aliphatic heterocycles. The second kappa shape index (κ2) is 7.27. The summed E-state index contributed by atoms with van der Waals surface area (Å²) in [6.45, 7) is 7.96. The maximum atomic E-state index is 11.8. The molecular weight excluding hydrogens is 280 g/mol. The minimum absolute atomic E-state index is 0.0627.